The third-order valence-corrected chi connectivity index (χ3v) is 2.01. The van der Waals surface area contributed by atoms with Crippen LogP contribution in [0.3, 0.4) is 0 Å². The van der Waals surface area contributed by atoms with Crippen molar-refractivity contribution in [2.75, 3.05) is 6.61 Å². The Morgan fingerprint density at radius 3 is 2.46 bits per heavy atom. The quantitative estimate of drug-likeness (QED) is 0.759. The van der Waals surface area contributed by atoms with Crippen LogP contribution in [-0.2, 0) is 6.42 Å². The summed E-state index contributed by atoms with van der Waals surface area (Å²) >= 11 is 0. The highest BCUT2D eigenvalue weighted by molar-refractivity contribution is 5.22. The van der Waals surface area contributed by atoms with E-state index in [4.69, 9.17) is 10.4 Å². The lowest BCUT2D eigenvalue weighted by Crippen LogP contribution is -2.06. The van der Waals surface area contributed by atoms with Crippen LogP contribution in [0.15, 0.2) is 24.3 Å². The van der Waals surface area contributed by atoms with Crippen LogP contribution in [0.25, 0.3) is 0 Å². The summed E-state index contributed by atoms with van der Waals surface area (Å²) in [6, 6.07) is 10.1. The molecule has 0 spiro atoms. The standard InChI is InChI=1S/C11H13NO/c1-9-2-4-10(5-3-9)6-11(7-12)8-13/h2-5,11,13H,6,8H2,1H3/t11-/m0/s1. The largest absolute Gasteiger partial charge is 0.395 e. The van der Waals surface area contributed by atoms with E-state index >= 15 is 0 Å². The van der Waals surface area contributed by atoms with Gasteiger partial charge in [-0.3, -0.25) is 0 Å². The van der Waals surface area contributed by atoms with Gasteiger partial charge in [-0.1, -0.05) is 29.8 Å². The van der Waals surface area contributed by atoms with Crippen molar-refractivity contribution in [1.82, 2.24) is 0 Å². The molecule has 1 N–H and O–H groups in total. The Morgan fingerprint density at radius 1 is 1.38 bits per heavy atom. The van der Waals surface area contributed by atoms with Crippen molar-refractivity contribution < 1.29 is 5.11 Å². The zero-order valence-corrected chi connectivity index (χ0v) is 7.70. The third kappa shape index (κ3) is 2.89. The monoisotopic (exact) mass is 175 g/mol. The van der Waals surface area contributed by atoms with Gasteiger partial charge in [0.15, 0.2) is 0 Å². The van der Waals surface area contributed by atoms with E-state index in [0.29, 0.717) is 6.42 Å². The highest BCUT2D eigenvalue weighted by Gasteiger charge is 2.05. The molecule has 13 heavy (non-hydrogen) atoms. The van der Waals surface area contributed by atoms with Crippen LogP contribution in [0.1, 0.15) is 11.1 Å². The summed E-state index contributed by atoms with van der Waals surface area (Å²) in [6.07, 6.45) is 0.632. The van der Waals surface area contributed by atoms with E-state index in [9.17, 15) is 0 Å². The van der Waals surface area contributed by atoms with Gasteiger partial charge in [0.25, 0.3) is 0 Å². The number of nitriles is 1. The van der Waals surface area contributed by atoms with E-state index in [1.165, 1.54) is 5.56 Å². The SMILES string of the molecule is Cc1ccc(C[C@@H](C#N)CO)cc1. The van der Waals surface area contributed by atoms with Crippen LogP contribution >= 0.6 is 0 Å². The molecule has 0 aromatic heterocycles. The number of benzene rings is 1. The lowest BCUT2D eigenvalue weighted by atomic mass is 10.0. The average Bonchev–Trinajstić information content (AvgIpc) is 2.17. The van der Waals surface area contributed by atoms with Crippen LogP contribution in [0.5, 0.6) is 0 Å². The molecule has 0 aliphatic heterocycles. The van der Waals surface area contributed by atoms with Crippen molar-refractivity contribution in [2.45, 2.75) is 13.3 Å². The van der Waals surface area contributed by atoms with E-state index in [-0.39, 0.29) is 12.5 Å². The minimum atomic E-state index is -0.275. The summed E-state index contributed by atoms with van der Waals surface area (Å²) in [7, 11) is 0. The van der Waals surface area contributed by atoms with Gasteiger partial charge >= 0.3 is 0 Å². The number of hydrogen-bond donors (Lipinski definition) is 1. The fraction of sp³-hybridized carbons (Fsp3) is 0.364. The summed E-state index contributed by atoms with van der Waals surface area (Å²) in [5.41, 5.74) is 2.31. The van der Waals surface area contributed by atoms with Gasteiger partial charge < -0.3 is 5.11 Å². The molecule has 1 rings (SSSR count). The summed E-state index contributed by atoms with van der Waals surface area (Å²) in [6.45, 7) is 1.96. The van der Waals surface area contributed by atoms with Gasteiger partial charge in [-0.15, -0.1) is 0 Å². The Balaban J connectivity index is 2.64. The Kier molecular flexibility index (Phi) is 3.48. The Hall–Kier alpha value is -1.33. The fourth-order valence-corrected chi connectivity index (χ4v) is 1.16. The predicted molar refractivity (Wildman–Crippen MR) is 51.1 cm³/mol. The molecule has 0 radical (unpaired) electrons. The van der Waals surface area contributed by atoms with E-state index in [0.717, 1.165) is 5.56 Å². The number of hydrogen-bond acceptors (Lipinski definition) is 2. The molecular weight excluding hydrogens is 162 g/mol. The molecule has 1 atom stereocenters. The Labute approximate surface area is 78.4 Å². The van der Waals surface area contributed by atoms with E-state index in [1.807, 2.05) is 31.2 Å². The Morgan fingerprint density at radius 2 is 2.00 bits per heavy atom. The molecule has 0 amide bonds. The summed E-state index contributed by atoms with van der Waals surface area (Å²) in [5, 5.41) is 17.5. The van der Waals surface area contributed by atoms with Crippen LogP contribution in [0, 0.1) is 24.2 Å². The first-order valence-electron chi connectivity index (χ1n) is 4.32. The van der Waals surface area contributed by atoms with Crippen molar-refractivity contribution >= 4 is 0 Å². The molecule has 1 aromatic carbocycles. The van der Waals surface area contributed by atoms with Crippen LogP contribution in [-0.4, -0.2) is 11.7 Å². The summed E-state index contributed by atoms with van der Waals surface area (Å²) in [4.78, 5) is 0. The molecule has 2 nitrogen and oxygen atoms in total. The number of rotatable bonds is 3. The second-order valence-corrected chi connectivity index (χ2v) is 3.20. The predicted octanol–water partition coefficient (Wildman–Crippen LogP) is 1.67. The van der Waals surface area contributed by atoms with Gasteiger partial charge in [0, 0.05) is 0 Å². The molecule has 0 fully saturated rings. The normalized spacial score (nSPS) is 12.1. The molecule has 0 unspecified atom stereocenters. The molecule has 0 saturated heterocycles. The molecule has 0 aliphatic rings. The lowest BCUT2D eigenvalue weighted by Gasteiger charge is -2.05. The van der Waals surface area contributed by atoms with Crippen molar-refractivity contribution in [2.24, 2.45) is 5.92 Å². The lowest BCUT2D eigenvalue weighted by molar-refractivity contribution is 0.255. The van der Waals surface area contributed by atoms with Crippen molar-refractivity contribution in [1.29, 1.82) is 5.26 Å². The summed E-state index contributed by atoms with van der Waals surface area (Å²) in [5.74, 6) is -0.275. The zero-order valence-electron chi connectivity index (χ0n) is 7.70. The third-order valence-electron chi connectivity index (χ3n) is 2.01. The van der Waals surface area contributed by atoms with Crippen molar-refractivity contribution in [3.8, 4) is 6.07 Å². The first kappa shape index (κ1) is 9.76. The molecule has 0 saturated carbocycles. The number of nitrogens with zero attached hydrogens (tertiary/aromatic N) is 1. The number of aryl methyl sites for hydroxylation is 1. The molecular formula is C11H13NO. The maximum absolute atomic E-state index is 8.82. The highest BCUT2D eigenvalue weighted by atomic mass is 16.3. The maximum Gasteiger partial charge on any atom is 0.0734 e. The van der Waals surface area contributed by atoms with Crippen molar-refractivity contribution in [3.05, 3.63) is 35.4 Å². The van der Waals surface area contributed by atoms with Crippen molar-refractivity contribution in [3.63, 3.8) is 0 Å². The highest BCUT2D eigenvalue weighted by Crippen LogP contribution is 2.09. The molecule has 1 aromatic rings. The van der Waals surface area contributed by atoms with Gasteiger partial charge in [0.05, 0.1) is 18.6 Å². The second kappa shape index (κ2) is 4.64. The molecule has 0 aliphatic carbocycles. The number of aliphatic hydroxyl groups is 1. The molecule has 68 valence electrons. The molecule has 0 heterocycles. The minimum Gasteiger partial charge on any atom is -0.395 e. The van der Waals surface area contributed by atoms with Gasteiger partial charge in [-0.05, 0) is 18.9 Å². The van der Waals surface area contributed by atoms with Crippen LogP contribution in [0.4, 0.5) is 0 Å². The maximum atomic E-state index is 8.82. The van der Waals surface area contributed by atoms with E-state index < -0.39 is 0 Å². The Bertz CT molecular complexity index is 297. The van der Waals surface area contributed by atoms with Gasteiger partial charge in [0.1, 0.15) is 0 Å². The molecule has 0 bridgehead atoms. The summed E-state index contributed by atoms with van der Waals surface area (Å²) < 4.78 is 0. The second-order valence-electron chi connectivity index (χ2n) is 3.20. The topological polar surface area (TPSA) is 44.0 Å². The van der Waals surface area contributed by atoms with Gasteiger partial charge in [-0.25, -0.2) is 0 Å². The minimum absolute atomic E-state index is 0.0651. The smallest absolute Gasteiger partial charge is 0.0734 e. The zero-order chi connectivity index (χ0) is 9.68. The van der Waals surface area contributed by atoms with E-state index in [2.05, 4.69) is 6.07 Å². The fourth-order valence-electron chi connectivity index (χ4n) is 1.16. The van der Waals surface area contributed by atoms with Crippen LogP contribution in [0.2, 0.25) is 0 Å². The molecule has 2 heteroatoms. The van der Waals surface area contributed by atoms with E-state index in [1.54, 1.807) is 0 Å². The first-order valence-corrected chi connectivity index (χ1v) is 4.32. The van der Waals surface area contributed by atoms with Crippen LogP contribution < -0.4 is 0 Å². The van der Waals surface area contributed by atoms with Gasteiger partial charge in [0.2, 0.25) is 0 Å². The number of aliphatic hydroxyl groups excluding tert-OH is 1. The van der Waals surface area contributed by atoms with Gasteiger partial charge in [-0.2, -0.15) is 5.26 Å². The average molecular weight is 175 g/mol. The first-order chi connectivity index (χ1) is 6.26.